The zero-order valence-corrected chi connectivity index (χ0v) is 15.7. The second kappa shape index (κ2) is 5.55. The molecule has 2 amide bonds. The molecule has 0 aliphatic carbocycles. The summed E-state index contributed by atoms with van der Waals surface area (Å²) in [6, 6.07) is 11.9. The number of carbonyl (C=O) groups is 2. The largest absolute Gasteiger partial charge is 0.443 e. The van der Waals surface area contributed by atoms with Crippen LogP contribution in [0.4, 0.5) is 20.6 Å². The second-order valence-corrected chi connectivity index (χ2v) is 7.98. The van der Waals surface area contributed by atoms with Crippen LogP contribution >= 0.6 is 0 Å². The predicted octanol–water partition coefficient (Wildman–Crippen LogP) is 4.00. The number of amides is 2. The van der Waals surface area contributed by atoms with Crippen molar-refractivity contribution in [2.75, 3.05) is 16.8 Å². The van der Waals surface area contributed by atoms with Crippen molar-refractivity contribution in [3.8, 4) is 0 Å². The lowest BCUT2D eigenvalue weighted by atomic mass is 9.87. The molecule has 5 nitrogen and oxygen atoms in total. The van der Waals surface area contributed by atoms with Crippen molar-refractivity contribution in [3.63, 3.8) is 0 Å². The molecule has 0 radical (unpaired) electrons. The summed E-state index contributed by atoms with van der Waals surface area (Å²) in [5.74, 6) is -0.829. The van der Waals surface area contributed by atoms with E-state index in [1.807, 2.05) is 18.2 Å². The first kappa shape index (κ1) is 17.5. The molecule has 2 aliphatic heterocycles. The highest BCUT2D eigenvalue weighted by Gasteiger charge is 2.61. The lowest BCUT2D eigenvalue weighted by molar-refractivity contribution is -0.122. The molecule has 2 heterocycles. The van der Waals surface area contributed by atoms with Gasteiger partial charge in [0.15, 0.2) is 5.54 Å². The molecule has 2 aliphatic rings. The van der Waals surface area contributed by atoms with E-state index in [0.717, 1.165) is 5.56 Å². The summed E-state index contributed by atoms with van der Waals surface area (Å²) in [5, 5.41) is 0. The van der Waals surface area contributed by atoms with E-state index < -0.39 is 23.1 Å². The van der Waals surface area contributed by atoms with Crippen LogP contribution in [-0.2, 0) is 21.5 Å². The zero-order chi connectivity index (χ0) is 19.6. The number of carbonyl (C=O) groups excluding carboxylic acids is 2. The SMILES string of the molecule is CN1C(=O)C2(Cc3ccccc3N2C(=O)OC(C)(C)C)c2cccc(F)c21. The minimum atomic E-state index is -1.34. The standard InChI is InChI=1S/C21H21FN2O3/c1-20(2,3)27-19(26)24-16-11-6-5-8-13(16)12-21(24)14-9-7-10-15(22)17(14)23(4)18(21)25/h5-11H,12H2,1-4H3. The Morgan fingerprint density at radius 1 is 1.15 bits per heavy atom. The third kappa shape index (κ3) is 2.36. The van der Waals surface area contributed by atoms with E-state index in [2.05, 4.69) is 0 Å². The molecule has 0 bridgehead atoms. The summed E-state index contributed by atoms with van der Waals surface area (Å²) in [4.78, 5) is 29.3. The molecule has 0 N–H and O–H groups in total. The minimum Gasteiger partial charge on any atom is -0.443 e. The van der Waals surface area contributed by atoms with Crippen molar-refractivity contribution >= 4 is 23.4 Å². The maximum Gasteiger partial charge on any atom is 0.416 e. The van der Waals surface area contributed by atoms with Crippen LogP contribution in [-0.4, -0.2) is 24.6 Å². The Labute approximate surface area is 157 Å². The molecule has 0 saturated carbocycles. The van der Waals surface area contributed by atoms with Crippen LogP contribution < -0.4 is 9.80 Å². The van der Waals surface area contributed by atoms with Crippen LogP contribution in [0.3, 0.4) is 0 Å². The number of halogens is 1. The van der Waals surface area contributed by atoms with E-state index in [0.29, 0.717) is 11.3 Å². The Balaban J connectivity index is 1.96. The average molecular weight is 368 g/mol. The quantitative estimate of drug-likeness (QED) is 0.706. The number of ether oxygens (including phenoxy) is 1. The van der Waals surface area contributed by atoms with Gasteiger partial charge in [-0.15, -0.1) is 0 Å². The van der Waals surface area contributed by atoms with Crippen LogP contribution in [0.5, 0.6) is 0 Å². The molecule has 27 heavy (non-hydrogen) atoms. The van der Waals surface area contributed by atoms with Crippen LogP contribution in [0.25, 0.3) is 0 Å². The number of rotatable bonds is 0. The Kier molecular flexibility index (Phi) is 3.60. The highest BCUT2D eigenvalue weighted by atomic mass is 19.1. The van der Waals surface area contributed by atoms with Gasteiger partial charge in [-0.05, 0) is 38.5 Å². The number of benzene rings is 2. The molecule has 2 aromatic rings. The Morgan fingerprint density at radius 2 is 1.85 bits per heavy atom. The van der Waals surface area contributed by atoms with E-state index in [1.54, 1.807) is 39.0 Å². The molecule has 2 aromatic carbocycles. The summed E-state index contributed by atoms with van der Waals surface area (Å²) in [5.41, 5.74) is 0.0977. The van der Waals surface area contributed by atoms with Crippen molar-refractivity contribution in [2.24, 2.45) is 0 Å². The summed E-state index contributed by atoms with van der Waals surface area (Å²) < 4.78 is 20.2. The van der Waals surface area contributed by atoms with E-state index in [9.17, 15) is 14.0 Å². The third-order valence-electron chi connectivity index (χ3n) is 5.06. The number of likely N-dealkylation sites (N-methyl/N-ethyl adjacent to an activating group) is 1. The number of anilines is 2. The highest BCUT2D eigenvalue weighted by molar-refractivity contribution is 6.15. The Bertz CT molecular complexity index is 966. The van der Waals surface area contributed by atoms with Gasteiger partial charge < -0.3 is 9.64 Å². The molecule has 0 aromatic heterocycles. The molecule has 0 fully saturated rings. The van der Waals surface area contributed by atoms with Crippen molar-refractivity contribution in [1.82, 2.24) is 0 Å². The first-order valence-electron chi connectivity index (χ1n) is 8.85. The average Bonchev–Trinajstić information content (AvgIpc) is 3.03. The number of hydrogen-bond acceptors (Lipinski definition) is 3. The normalized spacial score (nSPS) is 20.9. The van der Waals surface area contributed by atoms with Gasteiger partial charge in [0.2, 0.25) is 0 Å². The first-order chi connectivity index (χ1) is 12.7. The lowest BCUT2D eigenvalue weighted by Crippen LogP contribution is -2.54. The van der Waals surface area contributed by atoms with Gasteiger partial charge in [0, 0.05) is 19.0 Å². The van der Waals surface area contributed by atoms with Gasteiger partial charge in [-0.3, -0.25) is 9.69 Å². The van der Waals surface area contributed by atoms with E-state index >= 15 is 0 Å². The van der Waals surface area contributed by atoms with Crippen molar-refractivity contribution in [1.29, 1.82) is 0 Å². The fourth-order valence-corrected chi connectivity index (χ4v) is 4.07. The lowest BCUT2D eigenvalue weighted by Gasteiger charge is -2.35. The smallest absolute Gasteiger partial charge is 0.416 e. The molecule has 1 unspecified atom stereocenters. The second-order valence-electron chi connectivity index (χ2n) is 7.98. The number of hydrogen-bond donors (Lipinski definition) is 0. The van der Waals surface area contributed by atoms with Crippen LogP contribution in [0.1, 0.15) is 31.9 Å². The van der Waals surface area contributed by atoms with Gasteiger partial charge in [-0.25, -0.2) is 9.18 Å². The fraction of sp³-hybridized carbons (Fsp3) is 0.333. The van der Waals surface area contributed by atoms with E-state index in [4.69, 9.17) is 4.74 Å². The summed E-state index contributed by atoms with van der Waals surface area (Å²) in [6.07, 6.45) is -0.339. The highest BCUT2D eigenvalue weighted by Crippen LogP contribution is 2.53. The summed E-state index contributed by atoms with van der Waals surface area (Å²) in [6.45, 7) is 5.32. The van der Waals surface area contributed by atoms with Crippen molar-refractivity contribution < 1.29 is 18.7 Å². The molecule has 140 valence electrons. The van der Waals surface area contributed by atoms with Gasteiger partial charge >= 0.3 is 6.09 Å². The summed E-state index contributed by atoms with van der Waals surface area (Å²) >= 11 is 0. The molecule has 1 spiro atoms. The van der Waals surface area contributed by atoms with Gasteiger partial charge in [0.25, 0.3) is 5.91 Å². The van der Waals surface area contributed by atoms with Crippen LogP contribution in [0.2, 0.25) is 0 Å². The third-order valence-corrected chi connectivity index (χ3v) is 5.06. The molecular weight excluding hydrogens is 347 g/mol. The van der Waals surface area contributed by atoms with E-state index in [1.165, 1.54) is 22.9 Å². The first-order valence-corrected chi connectivity index (χ1v) is 8.85. The molecule has 0 saturated heterocycles. The predicted molar refractivity (Wildman–Crippen MR) is 100 cm³/mol. The maximum absolute atomic E-state index is 14.6. The van der Waals surface area contributed by atoms with Crippen LogP contribution in [0, 0.1) is 5.82 Å². The number of fused-ring (bicyclic) bond motifs is 3. The summed E-state index contributed by atoms with van der Waals surface area (Å²) in [7, 11) is 1.54. The Hall–Kier alpha value is -2.89. The number of para-hydroxylation sites is 2. The topological polar surface area (TPSA) is 49.9 Å². The number of nitrogens with zero attached hydrogens (tertiary/aromatic N) is 2. The molecule has 4 rings (SSSR count). The van der Waals surface area contributed by atoms with Crippen molar-refractivity contribution in [2.45, 2.75) is 38.3 Å². The Morgan fingerprint density at radius 3 is 2.56 bits per heavy atom. The van der Waals surface area contributed by atoms with Crippen molar-refractivity contribution in [3.05, 3.63) is 59.4 Å². The zero-order valence-electron chi connectivity index (χ0n) is 15.7. The molecular formula is C21H21FN2O3. The maximum atomic E-state index is 14.6. The van der Waals surface area contributed by atoms with Gasteiger partial charge in [0.1, 0.15) is 11.4 Å². The monoisotopic (exact) mass is 368 g/mol. The molecule has 6 heteroatoms. The van der Waals surface area contributed by atoms with Gasteiger partial charge in [0.05, 0.1) is 11.4 Å². The molecule has 1 atom stereocenters. The van der Waals surface area contributed by atoms with Gasteiger partial charge in [-0.1, -0.05) is 30.3 Å². The van der Waals surface area contributed by atoms with E-state index in [-0.39, 0.29) is 18.0 Å². The van der Waals surface area contributed by atoms with Gasteiger partial charge in [-0.2, -0.15) is 0 Å². The van der Waals surface area contributed by atoms with Crippen LogP contribution in [0.15, 0.2) is 42.5 Å². The minimum absolute atomic E-state index is 0.212. The fourth-order valence-electron chi connectivity index (χ4n) is 4.07.